The first-order chi connectivity index (χ1) is 18.5. The summed E-state index contributed by atoms with van der Waals surface area (Å²) in [6.45, 7) is 15.1. The number of hydrogen-bond donors (Lipinski definition) is 0. The van der Waals surface area contributed by atoms with Crippen molar-refractivity contribution < 1.29 is 12.4 Å². The van der Waals surface area contributed by atoms with Crippen LogP contribution in [-0.2, 0) is 14.1 Å². The summed E-state index contributed by atoms with van der Waals surface area (Å²) in [5, 5.41) is 0. The van der Waals surface area contributed by atoms with E-state index in [9.17, 15) is 8.42 Å². The number of hydrogen-bond acceptors (Lipinski definition) is 3. The predicted octanol–water partition coefficient (Wildman–Crippen LogP) is 11.4. The van der Waals surface area contributed by atoms with Crippen LogP contribution in [0.3, 0.4) is 0 Å². The Morgan fingerprint density at radius 3 is 1.62 bits per heavy atom. The fraction of sp³-hybridized carbons (Fsp3) is 0.824. The minimum absolute atomic E-state index is 0.198. The molecule has 230 valence electrons. The minimum Gasteiger partial charge on any atom is -0.0628 e. The molecule has 3 nitrogen and oxygen atoms in total. The average molecular weight is 585 g/mol. The molecule has 0 bridgehead atoms. The zero-order valence-electron chi connectivity index (χ0n) is 27.1. The summed E-state index contributed by atoms with van der Waals surface area (Å²) in [5.41, 5.74) is 0.946. The van der Waals surface area contributed by atoms with Gasteiger partial charge in [0.2, 0.25) is 0 Å². The van der Waals surface area contributed by atoms with E-state index >= 15 is 0 Å². The summed E-state index contributed by atoms with van der Waals surface area (Å²) >= 11 is 0. The summed E-state index contributed by atoms with van der Waals surface area (Å²) in [5.74, 6) is 1.70. The van der Waals surface area contributed by atoms with Gasteiger partial charge >= 0.3 is 231 Å². The van der Waals surface area contributed by atoms with Crippen molar-refractivity contribution in [1.29, 1.82) is 0 Å². The molecule has 0 saturated carbocycles. The molecule has 0 fully saturated rings. The Hall–Kier alpha value is -0.440. The quantitative estimate of drug-likeness (QED) is 0.0949. The summed E-state index contributed by atoms with van der Waals surface area (Å²) in [7, 11) is -3.87. The first-order valence-electron chi connectivity index (χ1n) is 16.5. The summed E-state index contributed by atoms with van der Waals surface area (Å²) in [6, 6.07) is 7.73. The van der Waals surface area contributed by atoms with E-state index in [1.54, 1.807) is 0 Å². The molecule has 0 aromatic heterocycles. The molecular formula is C34H65O3PS. The first kappa shape index (κ1) is 36.6. The zero-order chi connectivity index (χ0) is 29.4. The minimum atomic E-state index is -3.87. The molecule has 39 heavy (non-hydrogen) atoms. The van der Waals surface area contributed by atoms with E-state index in [-0.39, 0.29) is 5.92 Å². The van der Waals surface area contributed by atoms with Crippen LogP contribution in [0, 0.1) is 11.8 Å². The van der Waals surface area contributed by atoms with Crippen LogP contribution in [0.25, 0.3) is 0 Å². The molecule has 1 aromatic carbocycles. The number of unbranched alkanes of at least 4 members (excludes halogenated alkanes) is 5. The number of benzene rings is 1. The Bertz CT molecular complexity index is 852. The maximum absolute atomic E-state index is 14.4. The van der Waals surface area contributed by atoms with Gasteiger partial charge in [-0.15, -0.1) is 0 Å². The molecule has 0 aliphatic heterocycles. The smallest absolute Gasteiger partial charge is 0.0628 e. The van der Waals surface area contributed by atoms with Crippen molar-refractivity contribution in [1.82, 2.24) is 0 Å². The molecule has 0 N–H and O–H groups in total. The van der Waals surface area contributed by atoms with E-state index in [1.807, 2.05) is 24.3 Å². The Morgan fingerprint density at radius 2 is 1.15 bits per heavy atom. The molecule has 1 rings (SSSR count). The van der Waals surface area contributed by atoms with Gasteiger partial charge in [-0.25, -0.2) is 0 Å². The van der Waals surface area contributed by atoms with Gasteiger partial charge in [0.15, 0.2) is 0 Å². The van der Waals surface area contributed by atoms with Crippen LogP contribution in [0.4, 0.5) is 0 Å². The molecule has 0 aliphatic carbocycles. The normalized spacial score (nSPS) is 15.3. The Kier molecular flexibility index (Phi) is 17.0. The van der Waals surface area contributed by atoms with Gasteiger partial charge in [0, 0.05) is 0 Å². The molecule has 2 unspecified atom stereocenters. The van der Waals surface area contributed by atoms with E-state index < -0.39 is 16.9 Å². The van der Waals surface area contributed by atoms with Gasteiger partial charge in [-0.3, -0.25) is 0 Å². The zero-order valence-corrected chi connectivity index (χ0v) is 28.9. The monoisotopic (exact) mass is 584 g/mol. The molecule has 2 atom stereocenters. The summed E-state index contributed by atoms with van der Waals surface area (Å²) < 4.78 is 35.6. The second-order valence-corrected chi connectivity index (χ2v) is 20.6. The van der Waals surface area contributed by atoms with Crippen LogP contribution in [0.15, 0.2) is 29.2 Å². The molecule has 0 amide bonds. The van der Waals surface area contributed by atoms with E-state index in [4.69, 9.17) is 3.97 Å². The molecule has 0 radical (unpaired) electrons. The average Bonchev–Trinajstić information content (AvgIpc) is 2.90. The van der Waals surface area contributed by atoms with Crippen LogP contribution in [-0.4, -0.2) is 33.1 Å². The first-order valence-corrected chi connectivity index (χ1v) is 20.8. The molecule has 1 aromatic rings. The van der Waals surface area contributed by atoms with Crippen LogP contribution in [0.2, 0.25) is 0 Å². The standard InChI is InChI=1S/C34H65O3PS/c1-9-13-25-38(26-14-10-2,27-15-11-3,28-16-12-4)37-39(35,36)34-24-20-19-23-33(34)32(8)22-18-17-21-31(7)29-30(5)6/h19-20,23-24,30-32H,9-18,21-22,25-29H2,1-8H3. The van der Waals surface area contributed by atoms with Gasteiger partial charge in [-0.2, -0.15) is 0 Å². The fourth-order valence-corrected chi connectivity index (χ4v) is 16.9. The van der Waals surface area contributed by atoms with E-state index in [0.29, 0.717) is 4.90 Å². The second-order valence-electron chi connectivity index (χ2n) is 13.2. The topological polar surface area (TPSA) is 43.4 Å². The van der Waals surface area contributed by atoms with Crippen LogP contribution in [0.1, 0.15) is 150 Å². The molecule has 0 aliphatic rings. The molecule has 0 saturated heterocycles. The van der Waals surface area contributed by atoms with Crippen molar-refractivity contribution in [2.24, 2.45) is 11.8 Å². The molecule has 0 spiro atoms. The van der Waals surface area contributed by atoms with E-state index in [2.05, 4.69) is 55.4 Å². The summed E-state index contributed by atoms with van der Waals surface area (Å²) in [6.07, 6.45) is 18.2. The SMILES string of the molecule is CCCCP(CCCC)(CCCC)(CCCC)OS(=O)(=O)c1ccccc1C(C)CCCCC(C)CC(C)C. The van der Waals surface area contributed by atoms with Gasteiger partial charge < -0.3 is 0 Å². The van der Waals surface area contributed by atoms with Gasteiger partial charge in [0.25, 0.3) is 0 Å². The van der Waals surface area contributed by atoms with Crippen LogP contribution in [0.5, 0.6) is 0 Å². The third kappa shape index (κ3) is 12.1. The van der Waals surface area contributed by atoms with Crippen molar-refractivity contribution in [3.8, 4) is 0 Å². The van der Waals surface area contributed by atoms with Gasteiger partial charge in [0.1, 0.15) is 0 Å². The molecule has 0 heterocycles. The van der Waals surface area contributed by atoms with Crippen molar-refractivity contribution in [2.75, 3.05) is 24.6 Å². The predicted molar refractivity (Wildman–Crippen MR) is 176 cm³/mol. The van der Waals surface area contributed by atoms with Crippen molar-refractivity contribution in [2.45, 2.75) is 150 Å². The van der Waals surface area contributed by atoms with Gasteiger partial charge in [-0.1, -0.05) is 13.8 Å². The van der Waals surface area contributed by atoms with Crippen LogP contribution < -0.4 is 0 Å². The van der Waals surface area contributed by atoms with Gasteiger partial charge in [-0.05, 0) is 0 Å². The fourth-order valence-electron chi connectivity index (χ4n) is 6.51. The Labute approximate surface area is 244 Å². The van der Waals surface area contributed by atoms with Crippen LogP contribution >= 0.6 is 6.83 Å². The third-order valence-corrected chi connectivity index (χ3v) is 18.0. The van der Waals surface area contributed by atoms with Crippen molar-refractivity contribution in [3.05, 3.63) is 29.8 Å². The maximum atomic E-state index is 14.4. The van der Waals surface area contributed by atoms with Crippen molar-refractivity contribution >= 4 is 16.9 Å². The van der Waals surface area contributed by atoms with Crippen molar-refractivity contribution in [3.63, 3.8) is 0 Å². The van der Waals surface area contributed by atoms with E-state index in [1.165, 1.54) is 19.3 Å². The third-order valence-electron chi connectivity index (χ3n) is 8.80. The summed E-state index contributed by atoms with van der Waals surface area (Å²) in [4.78, 5) is 0.431. The second kappa shape index (κ2) is 18.2. The Morgan fingerprint density at radius 1 is 0.692 bits per heavy atom. The molecule has 5 heteroatoms. The molecular weight excluding hydrogens is 519 g/mol. The van der Waals surface area contributed by atoms with Gasteiger partial charge in [0.05, 0.1) is 0 Å². The Balaban J connectivity index is 3.33. The van der Waals surface area contributed by atoms with E-state index in [0.717, 1.165) is 106 Å². The number of rotatable bonds is 23.